The summed E-state index contributed by atoms with van der Waals surface area (Å²) >= 11 is 3.22. The van der Waals surface area contributed by atoms with Crippen molar-refractivity contribution in [3.8, 4) is 0 Å². The van der Waals surface area contributed by atoms with E-state index in [1.165, 1.54) is 17.2 Å². The Hall–Kier alpha value is -1.42. The van der Waals surface area contributed by atoms with Crippen molar-refractivity contribution in [1.82, 2.24) is 4.98 Å². The molecular formula is C15H14BrFN2. The lowest BCUT2D eigenvalue weighted by molar-refractivity contribution is 0.581. The number of aromatic nitrogens is 1. The summed E-state index contributed by atoms with van der Waals surface area (Å²) in [4.78, 5) is 4.11. The van der Waals surface area contributed by atoms with Gasteiger partial charge < -0.3 is 5.32 Å². The average molecular weight is 321 g/mol. The molecule has 1 N–H and O–H groups in total. The number of pyridine rings is 1. The Morgan fingerprint density at radius 1 is 1.32 bits per heavy atom. The van der Waals surface area contributed by atoms with Gasteiger partial charge in [-0.05, 0) is 52.4 Å². The highest BCUT2D eigenvalue weighted by atomic mass is 79.9. The molecule has 1 aromatic carbocycles. The second kappa shape index (κ2) is 5.29. The van der Waals surface area contributed by atoms with E-state index in [9.17, 15) is 4.39 Å². The predicted octanol–water partition coefficient (Wildman–Crippen LogP) is 4.47. The number of hydrogen-bond acceptors (Lipinski definition) is 2. The van der Waals surface area contributed by atoms with E-state index in [4.69, 9.17) is 0 Å². The van der Waals surface area contributed by atoms with Gasteiger partial charge in [-0.25, -0.2) is 9.37 Å². The molecule has 0 spiro atoms. The third kappa shape index (κ3) is 2.63. The van der Waals surface area contributed by atoms with Crippen LogP contribution in [0.5, 0.6) is 0 Å². The Kier molecular flexibility index (Phi) is 3.51. The van der Waals surface area contributed by atoms with Crippen LogP contribution in [0, 0.1) is 5.82 Å². The maximum atomic E-state index is 13.8. The molecule has 2 nitrogen and oxygen atoms in total. The smallest absolute Gasteiger partial charge is 0.166 e. The monoisotopic (exact) mass is 320 g/mol. The highest BCUT2D eigenvalue weighted by Crippen LogP contribution is 2.32. The van der Waals surface area contributed by atoms with Gasteiger partial charge in [-0.2, -0.15) is 0 Å². The molecule has 98 valence electrons. The number of nitrogens with zero attached hydrogens (tertiary/aromatic N) is 1. The van der Waals surface area contributed by atoms with Gasteiger partial charge in [0, 0.05) is 10.7 Å². The molecule has 19 heavy (non-hydrogen) atoms. The third-order valence-electron chi connectivity index (χ3n) is 3.49. The lowest BCUT2D eigenvalue weighted by Crippen LogP contribution is -2.18. The molecule has 3 rings (SSSR count). The fraction of sp³-hybridized carbons (Fsp3) is 0.267. The Morgan fingerprint density at radius 3 is 3.00 bits per heavy atom. The molecule has 2 aromatic rings. The number of fused-ring (bicyclic) bond motifs is 1. The van der Waals surface area contributed by atoms with E-state index in [-0.39, 0.29) is 11.9 Å². The Bertz CT molecular complexity index is 600. The van der Waals surface area contributed by atoms with Crippen LogP contribution in [0.3, 0.4) is 0 Å². The lowest BCUT2D eigenvalue weighted by atomic mass is 9.88. The minimum Gasteiger partial charge on any atom is -0.361 e. The summed E-state index contributed by atoms with van der Waals surface area (Å²) in [6, 6.07) is 9.93. The van der Waals surface area contributed by atoms with Crippen molar-refractivity contribution in [2.75, 3.05) is 5.32 Å². The summed E-state index contributed by atoms with van der Waals surface area (Å²) in [6.45, 7) is 0. The van der Waals surface area contributed by atoms with E-state index in [0.717, 1.165) is 19.3 Å². The molecular weight excluding hydrogens is 307 g/mol. The molecule has 1 unspecified atom stereocenters. The molecule has 0 saturated heterocycles. The minimum absolute atomic E-state index is 0.146. The van der Waals surface area contributed by atoms with Crippen LogP contribution in [0.25, 0.3) is 0 Å². The van der Waals surface area contributed by atoms with E-state index in [0.29, 0.717) is 10.3 Å². The van der Waals surface area contributed by atoms with Crippen molar-refractivity contribution in [3.05, 3.63) is 57.9 Å². The number of hydrogen-bond donors (Lipinski definition) is 1. The summed E-state index contributed by atoms with van der Waals surface area (Å²) < 4.78 is 14.5. The molecule has 1 aliphatic rings. The lowest BCUT2D eigenvalue weighted by Gasteiger charge is -2.26. The molecule has 0 bridgehead atoms. The number of halogens is 2. The SMILES string of the molecule is Fc1cc(Br)cnc1NC1CCCc2ccccc21. The molecule has 0 radical (unpaired) electrons. The largest absolute Gasteiger partial charge is 0.361 e. The van der Waals surface area contributed by atoms with Crippen LogP contribution in [0.15, 0.2) is 41.0 Å². The predicted molar refractivity (Wildman–Crippen MR) is 77.6 cm³/mol. The number of benzene rings is 1. The van der Waals surface area contributed by atoms with Crippen molar-refractivity contribution in [3.63, 3.8) is 0 Å². The summed E-state index contributed by atoms with van der Waals surface area (Å²) in [5.74, 6) is 0.00216. The standard InChI is InChI=1S/C15H14BrFN2/c16-11-8-13(17)15(18-9-11)19-14-7-3-5-10-4-1-2-6-12(10)14/h1-2,4,6,8-9,14H,3,5,7H2,(H,18,19). The zero-order chi connectivity index (χ0) is 13.2. The first-order chi connectivity index (χ1) is 9.24. The van der Waals surface area contributed by atoms with Gasteiger partial charge in [0.15, 0.2) is 11.6 Å². The topological polar surface area (TPSA) is 24.9 Å². The van der Waals surface area contributed by atoms with Crippen LogP contribution in [0.2, 0.25) is 0 Å². The minimum atomic E-state index is -0.322. The fourth-order valence-corrected chi connectivity index (χ4v) is 2.89. The van der Waals surface area contributed by atoms with Gasteiger partial charge in [-0.3, -0.25) is 0 Å². The second-order valence-corrected chi connectivity index (χ2v) is 5.69. The number of anilines is 1. The van der Waals surface area contributed by atoms with Crippen molar-refractivity contribution in [2.45, 2.75) is 25.3 Å². The quantitative estimate of drug-likeness (QED) is 0.882. The van der Waals surface area contributed by atoms with Gasteiger partial charge in [-0.15, -0.1) is 0 Å². The van der Waals surface area contributed by atoms with Gasteiger partial charge in [0.25, 0.3) is 0 Å². The molecule has 4 heteroatoms. The number of rotatable bonds is 2. The molecule has 1 aliphatic carbocycles. The zero-order valence-electron chi connectivity index (χ0n) is 10.4. The molecule has 0 aliphatic heterocycles. The number of aryl methyl sites for hydroxylation is 1. The molecule has 0 amide bonds. The first-order valence-corrected chi connectivity index (χ1v) is 7.19. The van der Waals surface area contributed by atoms with Crippen molar-refractivity contribution < 1.29 is 4.39 Å². The van der Waals surface area contributed by atoms with Gasteiger partial charge in [-0.1, -0.05) is 24.3 Å². The molecule has 1 heterocycles. The first kappa shape index (κ1) is 12.6. The first-order valence-electron chi connectivity index (χ1n) is 6.39. The molecule has 0 saturated carbocycles. The maximum Gasteiger partial charge on any atom is 0.166 e. The van der Waals surface area contributed by atoms with Crippen LogP contribution < -0.4 is 5.32 Å². The van der Waals surface area contributed by atoms with E-state index < -0.39 is 0 Å². The summed E-state index contributed by atoms with van der Waals surface area (Å²) in [5.41, 5.74) is 2.61. The summed E-state index contributed by atoms with van der Waals surface area (Å²) in [5, 5.41) is 3.23. The zero-order valence-corrected chi connectivity index (χ0v) is 12.0. The maximum absolute atomic E-state index is 13.8. The van der Waals surface area contributed by atoms with Gasteiger partial charge in [0.1, 0.15) is 0 Å². The summed E-state index contributed by atoms with van der Waals surface area (Å²) in [7, 11) is 0. The van der Waals surface area contributed by atoms with Gasteiger partial charge in [0.2, 0.25) is 0 Å². The Morgan fingerprint density at radius 2 is 2.16 bits per heavy atom. The van der Waals surface area contributed by atoms with E-state index in [1.807, 2.05) is 6.07 Å². The molecule has 1 aromatic heterocycles. The summed E-state index contributed by atoms with van der Waals surface area (Å²) in [6.07, 6.45) is 4.84. The molecule has 1 atom stereocenters. The van der Waals surface area contributed by atoms with Crippen LogP contribution in [-0.2, 0) is 6.42 Å². The van der Waals surface area contributed by atoms with Crippen LogP contribution in [0.4, 0.5) is 10.2 Å². The Labute approximate surface area is 120 Å². The van der Waals surface area contributed by atoms with Crippen molar-refractivity contribution in [2.24, 2.45) is 0 Å². The van der Waals surface area contributed by atoms with Gasteiger partial charge in [0.05, 0.1) is 6.04 Å². The second-order valence-electron chi connectivity index (χ2n) is 4.77. The highest BCUT2D eigenvalue weighted by Gasteiger charge is 2.20. The Balaban J connectivity index is 1.88. The van der Waals surface area contributed by atoms with Crippen LogP contribution in [-0.4, -0.2) is 4.98 Å². The normalized spacial score (nSPS) is 17.9. The fourth-order valence-electron chi connectivity index (χ4n) is 2.59. The van der Waals surface area contributed by atoms with E-state index in [1.54, 1.807) is 6.20 Å². The third-order valence-corrected chi connectivity index (χ3v) is 3.92. The van der Waals surface area contributed by atoms with Gasteiger partial charge >= 0.3 is 0 Å². The van der Waals surface area contributed by atoms with Crippen LogP contribution in [0.1, 0.15) is 30.0 Å². The average Bonchev–Trinajstić information content (AvgIpc) is 2.42. The van der Waals surface area contributed by atoms with E-state index >= 15 is 0 Å². The van der Waals surface area contributed by atoms with Crippen molar-refractivity contribution >= 4 is 21.7 Å². The molecule has 0 fully saturated rings. The number of nitrogens with one attached hydrogen (secondary N) is 1. The highest BCUT2D eigenvalue weighted by molar-refractivity contribution is 9.10. The van der Waals surface area contributed by atoms with E-state index in [2.05, 4.69) is 44.4 Å². The van der Waals surface area contributed by atoms with Crippen LogP contribution >= 0.6 is 15.9 Å². The van der Waals surface area contributed by atoms with Crippen molar-refractivity contribution in [1.29, 1.82) is 0 Å².